The number of unbranched alkanes of at least 4 members (excludes halogenated alkanes) is 2. The van der Waals surface area contributed by atoms with Gasteiger partial charge < -0.3 is 43.8 Å². The van der Waals surface area contributed by atoms with Crippen LogP contribution in [0.5, 0.6) is 11.5 Å². The third-order valence-corrected chi connectivity index (χ3v) is 11.7. The number of rotatable bonds is 25. The monoisotopic (exact) mass is 805 g/mol. The molecule has 13 heteroatoms. The van der Waals surface area contributed by atoms with E-state index in [2.05, 4.69) is 23.6 Å². The van der Waals surface area contributed by atoms with Crippen LogP contribution in [0.25, 0.3) is 0 Å². The Balaban J connectivity index is 1.53. The van der Waals surface area contributed by atoms with E-state index in [9.17, 15) is 20.1 Å². The number of hydrogen-bond donors (Lipinski definition) is 3. The molecule has 0 bridgehead atoms. The summed E-state index contributed by atoms with van der Waals surface area (Å²) in [6, 6.07) is 15.1. The molecule has 2 aromatic rings. The Labute approximate surface area is 343 Å². The van der Waals surface area contributed by atoms with Crippen molar-refractivity contribution in [2.75, 3.05) is 79.0 Å². The number of amides is 1. The van der Waals surface area contributed by atoms with Crippen molar-refractivity contribution in [2.45, 2.75) is 76.2 Å². The van der Waals surface area contributed by atoms with Crippen LogP contribution in [0, 0.1) is 17.8 Å². The van der Waals surface area contributed by atoms with E-state index < -0.39 is 23.8 Å². The summed E-state index contributed by atoms with van der Waals surface area (Å²) in [4.78, 5) is 24.3. The number of oxime groups is 1. The number of carbonyl (C=O) groups excluding carboxylic acids is 1. The molecule has 3 N–H and O–H groups in total. The van der Waals surface area contributed by atoms with Gasteiger partial charge in [0.25, 0.3) is 0 Å². The van der Waals surface area contributed by atoms with E-state index in [-0.39, 0.29) is 83.6 Å². The number of aliphatic hydroxyl groups is 3. The second-order valence-corrected chi connectivity index (χ2v) is 15.5. The van der Waals surface area contributed by atoms with Crippen molar-refractivity contribution in [3.8, 4) is 11.5 Å². The SMILES string of the molecule is C=CCOC12Oc3ccc(OCCN4CC4)cc3C3C(CCCCO)C(CCCCO)C=C(C(=NOCc4ccccc4)CC1N(CCOCCO)C(=O)OCC)C32. The van der Waals surface area contributed by atoms with Crippen LogP contribution in [0.15, 0.2) is 78.0 Å². The lowest BCUT2D eigenvalue weighted by molar-refractivity contribution is -0.256. The highest BCUT2D eigenvalue weighted by molar-refractivity contribution is 6.03. The minimum absolute atomic E-state index is 0.0790. The van der Waals surface area contributed by atoms with Gasteiger partial charge in [0.2, 0.25) is 5.79 Å². The van der Waals surface area contributed by atoms with Gasteiger partial charge in [0.05, 0.1) is 44.7 Å². The van der Waals surface area contributed by atoms with Gasteiger partial charge in [-0.3, -0.25) is 9.80 Å². The Kier molecular flexibility index (Phi) is 16.4. The Morgan fingerprint density at radius 3 is 2.53 bits per heavy atom. The van der Waals surface area contributed by atoms with Crippen molar-refractivity contribution < 1.29 is 48.6 Å². The summed E-state index contributed by atoms with van der Waals surface area (Å²) in [5, 5.41) is 34.2. The van der Waals surface area contributed by atoms with E-state index in [1.807, 2.05) is 42.5 Å². The zero-order valence-corrected chi connectivity index (χ0v) is 34.1. The molecule has 0 spiro atoms. The second-order valence-electron chi connectivity index (χ2n) is 15.5. The zero-order chi connectivity index (χ0) is 40.7. The van der Waals surface area contributed by atoms with Crippen molar-refractivity contribution in [3.05, 3.63) is 84.0 Å². The molecule has 4 aliphatic rings. The summed E-state index contributed by atoms with van der Waals surface area (Å²) in [5.41, 5.74) is 3.61. The van der Waals surface area contributed by atoms with Gasteiger partial charge in [-0.05, 0) is 73.8 Å². The van der Waals surface area contributed by atoms with Crippen LogP contribution in [0.1, 0.15) is 68.9 Å². The topological polar surface area (TPSA) is 152 Å². The highest BCUT2D eigenvalue weighted by Gasteiger charge is 2.65. The molecule has 0 radical (unpaired) electrons. The average Bonchev–Trinajstić information content (AvgIpc) is 4.07. The number of nitrogens with zero attached hydrogens (tertiary/aromatic N) is 3. The van der Waals surface area contributed by atoms with Crippen LogP contribution >= 0.6 is 0 Å². The third kappa shape index (κ3) is 10.6. The number of hydrogen-bond acceptors (Lipinski definition) is 12. The molecule has 0 aromatic heterocycles. The summed E-state index contributed by atoms with van der Waals surface area (Å²) in [5.74, 6) is -0.485. The number of aliphatic hydroxyl groups excluding tert-OH is 3. The first-order valence-electron chi connectivity index (χ1n) is 21.2. The van der Waals surface area contributed by atoms with Crippen molar-refractivity contribution in [1.82, 2.24) is 9.80 Å². The van der Waals surface area contributed by atoms with E-state index in [4.69, 9.17) is 33.7 Å². The molecule has 6 unspecified atom stereocenters. The van der Waals surface area contributed by atoms with Gasteiger partial charge in [-0.2, -0.15) is 0 Å². The van der Waals surface area contributed by atoms with Crippen LogP contribution < -0.4 is 9.47 Å². The number of ether oxygens (including phenoxy) is 5. The molecule has 318 valence electrons. The van der Waals surface area contributed by atoms with Crippen LogP contribution in [-0.2, 0) is 25.7 Å². The smallest absolute Gasteiger partial charge is 0.410 e. The minimum atomic E-state index is -1.42. The van der Waals surface area contributed by atoms with Gasteiger partial charge >= 0.3 is 6.09 Å². The highest BCUT2D eigenvalue weighted by atomic mass is 16.7. The lowest BCUT2D eigenvalue weighted by atomic mass is 9.55. The fraction of sp³-hybridized carbons (Fsp3) is 0.600. The highest BCUT2D eigenvalue weighted by Crippen LogP contribution is 2.62. The molecule has 1 saturated heterocycles. The van der Waals surface area contributed by atoms with Crippen LogP contribution in [0.4, 0.5) is 4.79 Å². The fourth-order valence-electron chi connectivity index (χ4n) is 8.99. The predicted molar refractivity (Wildman–Crippen MR) is 220 cm³/mol. The Bertz CT molecular complexity index is 1670. The minimum Gasteiger partial charge on any atom is -0.492 e. The van der Waals surface area contributed by atoms with E-state index >= 15 is 0 Å². The molecule has 2 aliphatic carbocycles. The first-order chi connectivity index (χ1) is 28.5. The predicted octanol–water partition coefficient (Wildman–Crippen LogP) is 5.68. The van der Waals surface area contributed by atoms with Crippen LogP contribution in [-0.4, -0.2) is 128 Å². The summed E-state index contributed by atoms with van der Waals surface area (Å²) in [6.07, 6.45) is 8.38. The molecule has 2 aromatic carbocycles. The summed E-state index contributed by atoms with van der Waals surface area (Å²) in [6.45, 7) is 10.4. The average molecular weight is 806 g/mol. The van der Waals surface area contributed by atoms with E-state index in [1.165, 1.54) is 0 Å². The number of allylic oxidation sites excluding steroid dienone is 1. The Hall–Kier alpha value is -3.98. The molecule has 6 atom stereocenters. The molecule has 58 heavy (non-hydrogen) atoms. The largest absolute Gasteiger partial charge is 0.492 e. The maximum atomic E-state index is 14.1. The lowest BCUT2D eigenvalue weighted by Crippen LogP contribution is -2.70. The zero-order valence-electron chi connectivity index (χ0n) is 34.1. The molecule has 13 nitrogen and oxygen atoms in total. The number of benzene rings is 2. The summed E-state index contributed by atoms with van der Waals surface area (Å²) < 4.78 is 32.1. The lowest BCUT2D eigenvalue weighted by Gasteiger charge is -2.59. The fourth-order valence-corrected chi connectivity index (χ4v) is 8.99. The Morgan fingerprint density at radius 2 is 1.81 bits per heavy atom. The van der Waals surface area contributed by atoms with Crippen molar-refractivity contribution in [3.63, 3.8) is 0 Å². The molecular weight excluding hydrogens is 743 g/mol. The van der Waals surface area contributed by atoms with Gasteiger partial charge in [-0.1, -0.05) is 60.5 Å². The van der Waals surface area contributed by atoms with Crippen molar-refractivity contribution in [2.24, 2.45) is 22.9 Å². The van der Waals surface area contributed by atoms with Gasteiger partial charge in [0.15, 0.2) is 0 Å². The van der Waals surface area contributed by atoms with Crippen molar-refractivity contribution in [1.29, 1.82) is 0 Å². The second kappa shape index (κ2) is 21.9. The molecule has 2 fully saturated rings. The van der Waals surface area contributed by atoms with Crippen LogP contribution in [0.3, 0.4) is 0 Å². The molecule has 2 heterocycles. The summed E-state index contributed by atoms with van der Waals surface area (Å²) >= 11 is 0. The molecule has 2 aliphatic heterocycles. The quantitative estimate of drug-likeness (QED) is 0.0492. The standard InChI is InChI=1S/C45H63N3O10/c1-3-25-56-45-41(48(44(52)54-4-2)21-26-53-28-24-51)31-39(46-57-32-33-12-6-5-7-13-33)37-29-34(14-8-10-22-49)36(15-9-11-23-50)42(43(37)45)38-30-35(16-17-40(38)58-45)55-27-20-47-18-19-47/h3,5-7,12-13,16-17,29-30,34,36,41-43,49-51H,1,4,8-11,14-15,18-28,31-32H2,2H3. The number of carbonyl (C=O) groups is 1. The Morgan fingerprint density at radius 1 is 1.02 bits per heavy atom. The number of fused-ring (bicyclic) bond motifs is 2. The van der Waals surface area contributed by atoms with E-state index in [0.29, 0.717) is 30.9 Å². The molecule has 1 amide bonds. The van der Waals surface area contributed by atoms with Gasteiger partial charge in [0.1, 0.15) is 30.8 Å². The van der Waals surface area contributed by atoms with E-state index in [0.717, 1.165) is 67.8 Å². The van der Waals surface area contributed by atoms with Crippen LogP contribution in [0.2, 0.25) is 0 Å². The maximum absolute atomic E-state index is 14.1. The normalized spacial score (nSPS) is 25.2. The van der Waals surface area contributed by atoms with Gasteiger partial charge in [0, 0.05) is 57.3 Å². The molecule has 6 rings (SSSR count). The molecular formula is C45H63N3O10. The summed E-state index contributed by atoms with van der Waals surface area (Å²) in [7, 11) is 0. The first kappa shape index (κ1) is 43.6. The van der Waals surface area contributed by atoms with Gasteiger partial charge in [-0.25, -0.2) is 4.79 Å². The van der Waals surface area contributed by atoms with Gasteiger partial charge in [-0.15, -0.1) is 6.58 Å². The molecule has 1 saturated carbocycles. The van der Waals surface area contributed by atoms with E-state index in [1.54, 1.807) is 17.9 Å². The van der Waals surface area contributed by atoms with Crippen molar-refractivity contribution >= 4 is 11.8 Å². The maximum Gasteiger partial charge on any atom is 0.410 e. The third-order valence-electron chi connectivity index (χ3n) is 11.7. The first-order valence-corrected chi connectivity index (χ1v) is 21.2.